The summed E-state index contributed by atoms with van der Waals surface area (Å²) < 4.78 is 5.51. The van der Waals surface area contributed by atoms with E-state index in [0.717, 1.165) is 19.5 Å². The summed E-state index contributed by atoms with van der Waals surface area (Å²) in [5.74, 6) is 0.682. The molecular formula is C17H31NO2S. The molecule has 0 spiro atoms. The molecule has 1 aromatic rings. The van der Waals surface area contributed by atoms with Gasteiger partial charge in [0.2, 0.25) is 0 Å². The predicted molar refractivity (Wildman–Crippen MR) is 90.9 cm³/mol. The average molecular weight is 314 g/mol. The molecule has 0 bridgehead atoms. The first-order valence-corrected chi connectivity index (χ1v) is 8.75. The molecule has 0 amide bonds. The van der Waals surface area contributed by atoms with Crippen molar-refractivity contribution in [3.05, 3.63) is 21.9 Å². The molecule has 0 saturated carbocycles. The van der Waals surface area contributed by atoms with Crippen LogP contribution in [-0.2, 0) is 11.3 Å². The Bertz CT molecular complexity index is 390. The van der Waals surface area contributed by atoms with Crippen LogP contribution in [0.4, 0.5) is 0 Å². The second-order valence-corrected chi connectivity index (χ2v) is 7.84. The third kappa shape index (κ3) is 8.57. The summed E-state index contributed by atoms with van der Waals surface area (Å²) in [6, 6.07) is 4.36. The first kappa shape index (κ1) is 18.6. The maximum absolute atomic E-state index is 10.2. The molecule has 0 radical (unpaired) electrons. The molecule has 0 saturated heterocycles. The summed E-state index contributed by atoms with van der Waals surface area (Å²) in [6.07, 6.45) is 0.909. The van der Waals surface area contributed by atoms with Gasteiger partial charge in [0.15, 0.2) is 0 Å². The van der Waals surface area contributed by atoms with Crippen LogP contribution in [0.3, 0.4) is 0 Å². The number of nitrogens with zero attached hydrogens (tertiary/aromatic N) is 1. The smallest absolute Gasteiger partial charge is 0.0900 e. The summed E-state index contributed by atoms with van der Waals surface area (Å²) in [5, 5.41) is 10.2. The Hall–Kier alpha value is -0.420. The maximum atomic E-state index is 10.2. The molecule has 0 aliphatic heterocycles. The Morgan fingerprint density at radius 1 is 1.24 bits per heavy atom. The highest BCUT2D eigenvalue weighted by Gasteiger charge is 2.14. The third-order valence-electron chi connectivity index (χ3n) is 3.29. The number of hydrogen-bond donors (Lipinski definition) is 1. The molecule has 122 valence electrons. The van der Waals surface area contributed by atoms with Crippen molar-refractivity contribution in [2.45, 2.75) is 59.8 Å². The number of aryl methyl sites for hydroxylation is 1. The molecule has 1 heterocycles. The maximum Gasteiger partial charge on any atom is 0.0900 e. The van der Waals surface area contributed by atoms with Crippen molar-refractivity contribution < 1.29 is 9.84 Å². The van der Waals surface area contributed by atoms with E-state index in [2.05, 4.69) is 37.8 Å². The third-order valence-corrected chi connectivity index (χ3v) is 4.27. The van der Waals surface area contributed by atoms with Crippen LogP contribution >= 0.6 is 11.3 Å². The topological polar surface area (TPSA) is 32.7 Å². The van der Waals surface area contributed by atoms with E-state index < -0.39 is 6.10 Å². The average Bonchev–Trinajstić information content (AvgIpc) is 2.79. The fraction of sp³-hybridized carbons (Fsp3) is 0.765. The number of ether oxygens (including phenoxy) is 1. The highest BCUT2D eigenvalue weighted by molar-refractivity contribution is 7.11. The molecule has 0 aliphatic rings. The Kier molecular flexibility index (Phi) is 8.49. The lowest BCUT2D eigenvalue weighted by Gasteiger charge is -2.25. The van der Waals surface area contributed by atoms with Crippen molar-refractivity contribution in [3.8, 4) is 0 Å². The van der Waals surface area contributed by atoms with Crippen molar-refractivity contribution in [3.63, 3.8) is 0 Å². The van der Waals surface area contributed by atoms with Crippen LogP contribution in [0.5, 0.6) is 0 Å². The predicted octanol–water partition coefficient (Wildman–Crippen LogP) is 3.69. The fourth-order valence-electron chi connectivity index (χ4n) is 2.12. The molecular weight excluding hydrogens is 282 g/mol. The first-order valence-electron chi connectivity index (χ1n) is 7.94. The van der Waals surface area contributed by atoms with Gasteiger partial charge in [0.25, 0.3) is 0 Å². The summed E-state index contributed by atoms with van der Waals surface area (Å²) in [7, 11) is 0. The summed E-state index contributed by atoms with van der Waals surface area (Å²) in [4.78, 5) is 5.06. The quantitative estimate of drug-likeness (QED) is 0.715. The second kappa shape index (κ2) is 9.57. The Morgan fingerprint density at radius 2 is 1.95 bits per heavy atom. The van der Waals surface area contributed by atoms with E-state index >= 15 is 0 Å². The molecule has 1 N–H and O–H groups in total. The van der Waals surface area contributed by atoms with Crippen molar-refractivity contribution in [1.29, 1.82) is 0 Å². The van der Waals surface area contributed by atoms with Gasteiger partial charge in [-0.2, -0.15) is 0 Å². The Balaban J connectivity index is 2.50. The van der Waals surface area contributed by atoms with Gasteiger partial charge in [-0.3, -0.25) is 4.90 Å². The number of rotatable bonds is 10. The van der Waals surface area contributed by atoms with Gasteiger partial charge < -0.3 is 9.84 Å². The monoisotopic (exact) mass is 313 g/mol. The van der Waals surface area contributed by atoms with Crippen LogP contribution in [0.2, 0.25) is 0 Å². The Labute approximate surface area is 133 Å². The molecule has 0 aliphatic carbocycles. The normalized spacial score (nSPS) is 13.6. The minimum Gasteiger partial charge on any atom is -0.389 e. The number of thiophene rings is 1. The molecule has 3 nitrogen and oxygen atoms in total. The summed E-state index contributed by atoms with van der Waals surface area (Å²) >= 11 is 1.84. The van der Waals surface area contributed by atoms with Crippen molar-refractivity contribution in [2.24, 2.45) is 5.92 Å². The van der Waals surface area contributed by atoms with Crippen LogP contribution < -0.4 is 0 Å². The zero-order valence-corrected chi connectivity index (χ0v) is 14.9. The van der Waals surface area contributed by atoms with Crippen LogP contribution in [0, 0.1) is 12.8 Å². The Morgan fingerprint density at radius 3 is 2.48 bits per heavy atom. The zero-order chi connectivity index (χ0) is 15.8. The van der Waals surface area contributed by atoms with E-state index in [1.807, 2.05) is 25.2 Å². The van der Waals surface area contributed by atoms with Crippen LogP contribution in [0.1, 0.15) is 43.9 Å². The molecule has 0 aromatic carbocycles. The number of hydrogen-bond acceptors (Lipinski definition) is 4. The van der Waals surface area contributed by atoms with Gasteiger partial charge in [0.1, 0.15) is 0 Å². The lowest BCUT2D eigenvalue weighted by Crippen LogP contribution is -2.36. The molecule has 21 heavy (non-hydrogen) atoms. The highest BCUT2D eigenvalue weighted by atomic mass is 32.1. The van der Waals surface area contributed by atoms with Gasteiger partial charge in [0.05, 0.1) is 18.8 Å². The van der Waals surface area contributed by atoms with E-state index in [-0.39, 0.29) is 6.10 Å². The van der Waals surface area contributed by atoms with E-state index in [1.165, 1.54) is 9.75 Å². The molecule has 1 rings (SSSR count). The summed E-state index contributed by atoms with van der Waals surface area (Å²) in [5.41, 5.74) is 0. The van der Waals surface area contributed by atoms with Crippen molar-refractivity contribution >= 4 is 11.3 Å². The minimum absolute atomic E-state index is 0.170. The molecule has 1 aromatic heterocycles. The van der Waals surface area contributed by atoms with E-state index in [1.54, 1.807) is 0 Å². The number of aliphatic hydroxyl groups excluding tert-OH is 1. The van der Waals surface area contributed by atoms with E-state index in [9.17, 15) is 5.11 Å². The van der Waals surface area contributed by atoms with Crippen LogP contribution in [0.15, 0.2) is 12.1 Å². The lowest BCUT2D eigenvalue weighted by molar-refractivity contribution is -0.00986. The SMILES string of the molecule is Cc1ccc(CN(CCC(C)C)C[C@H](O)COC(C)C)s1. The van der Waals surface area contributed by atoms with Gasteiger partial charge >= 0.3 is 0 Å². The van der Waals surface area contributed by atoms with Gasteiger partial charge in [0, 0.05) is 22.8 Å². The first-order chi connectivity index (χ1) is 9.86. The van der Waals surface area contributed by atoms with Gasteiger partial charge in [-0.15, -0.1) is 11.3 Å². The lowest BCUT2D eigenvalue weighted by atomic mass is 10.1. The number of aliphatic hydroxyl groups is 1. The standard InChI is InChI=1S/C17H31NO2S/c1-13(2)8-9-18(10-16(19)12-20-14(3)4)11-17-7-6-15(5)21-17/h6-7,13-14,16,19H,8-12H2,1-5H3/t16-/m0/s1. The zero-order valence-electron chi connectivity index (χ0n) is 14.1. The largest absolute Gasteiger partial charge is 0.389 e. The molecule has 0 unspecified atom stereocenters. The van der Waals surface area contributed by atoms with Crippen LogP contribution in [-0.4, -0.2) is 41.9 Å². The van der Waals surface area contributed by atoms with Crippen molar-refractivity contribution in [2.75, 3.05) is 19.7 Å². The molecule has 1 atom stereocenters. The molecule has 0 fully saturated rings. The van der Waals surface area contributed by atoms with E-state index in [4.69, 9.17) is 4.74 Å². The minimum atomic E-state index is -0.416. The fourth-order valence-corrected chi connectivity index (χ4v) is 3.05. The molecule has 4 heteroatoms. The van der Waals surface area contributed by atoms with Gasteiger partial charge in [-0.1, -0.05) is 13.8 Å². The highest BCUT2D eigenvalue weighted by Crippen LogP contribution is 2.18. The van der Waals surface area contributed by atoms with Crippen molar-refractivity contribution in [1.82, 2.24) is 4.90 Å². The van der Waals surface area contributed by atoms with Crippen LogP contribution in [0.25, 0.3) is 0 Å². The van der Waals surface area contributed by atoms with E-state index in [0.29, 0.717) is 19.1 Å². The van der Waals surface area contributed by atoms with Gasteiger partial charge in [-0.05, 0) is 51.8 Å². The summed E-state index contributed by atoms with van der Waals surface area (Å²) in [6.45, 7) is 13.7. The second-order valence-electron chi connectivity index (χ2n) is 6.47. The van der Waals surface area contributed by atoms with Gasteiger partial charge in [-0.25, -0.2) is 0 Å².